The number of anilines is 2. The summed E-state index contributed by atoms with van der Waals surface area (Å²) in [6, 6.07) is 8.09. The molecule has 0 bridgehead atoms. The highest BCUT2D eigenvalue weighted by Gasteiger charge is 2.24. The second-order valence-electron chi connectivity index (χ2n) is 7.45. The first-order chi connectivity index (χ1) is 13.2. The zero-order valence-corrected chi connectivity index (χ0v) is 18.4. The van der Waals surface area contributed by atoms with Crippen molar-refractivity contribution >= 4 is 45.0 Å². The molecule has 1 aliphatic carbocycles. The van der Waals surface area contributed by atoms with E-state index in [1.54, 1.807) is 24.3 Å². The topological polar surface area (TPSA) is 41.1 Å². The molecule has 1 fully saturated rings. The van der Waals surface area contributed by atoms with Crippen molar-refractivity contribution in [3.05, 3.63) is 51.7 Å². The van der Waals surface area contributed by atoms with Gasteiger partial charge in [0.05, 0.1) is 16.9 Å². The first-order valence-corrected chi connectivity index (χ1v) is 11.1. The number of carbonyl (C=O) groups excluding carboxylic acids is 1. The van der Waals surface area contributed by atoms with Gasteiger partial charge in [-0.25, -0.2) is 8.78 Å². The van der Waals surface area contributed by atoms with E-state index in [0.717, 1.165) is 12.8 Å². The van der Waals surface area contributed by atoms with Crippen molar-refractivity contribution in [3.63, 3.8) is 0 Å². The predicted octanol–water partition coefficient (Wildman–Crippen LogP) is 6.59. The van der Waals surface area contributed by atoms with E-state index in [1.807, 2.05) is 6.26 Å². The Morgan fingerprint density at radius 3 is 2.64 bits per heavy atom. The monoisotopic (exact) mass is 468 g/mol. The lowest BCUT2D eigenvalue weighted by Crippen LogP contribution is -2.17. The third-order valence-electron chi connectivity index (χ3n) is 4.72. The van der Waals surface area contributed by atoms with E-state index in [9.17, 15) is 13.6 Å². The van der Waals surface area contributed by atoms with E-state index in [0.29, 0.717) is 38.8 Å². The van der Waals surface area contributed by atoms with E-state index in [1.165, 1.54) is 31.7 Å². The van der Waals surface area contributed by atoms with Crippen LogP contribution in [0, 0.1) is 11.7 Å². The Balaban J connectivity index is 1.85. The van der Waals surface area contributed by atoms with E-state index in [-0.39, 0.29) is 5.56 Å². The van der Waals surface area contributed by atoms with Crippen molar-refractivity contribution in [1.29, 1.82) is 0 Å². The standard InChI is InChI=1S/C21H23BrF2N2OS/c1-21(2,24)13-9-15(22)19(17(10-13)28-3)26-20(27)14-5-4-6-16(18(14)23)25-11-12-7-8-12/h4-6,9-10,12,25H,7-8,11H2,1-3H3,(H,26,27). The van der Waals surface area contributed by atoms with Crippen LogP contribution in [0.15, 0.2) is 39.7 Å². The van der Waals surface area contributed by atoms with Gasteiger partial charge < -0.3 is 10.6 Å². The van der Waals surface area contributed by atoms with Gasteiger partial charge in [0.2, 0.25) is 0 Å². The molecule has 2 aromatic carbocycles. The fourth-order valence-electron chi connectivity index (χ4n) is 2.81. The lowest BCUT2D eigenvalue weighted by molar-refractivity contribution is 0.102. The number of halogens is 3. The third-order valence-corrected chi connectivity index (χ3v) is 6.11. The van der Waals surface area contributed by atoms with Crippen LogP contribution in [0.5, 0.6) is 0 Å². The summed E-state index contributed by atoms with van der Waals surface area (Å²) in [7, 11) is 0. The molecule has 0 aliphatic heterocycles. The fourth-order valence-corrected chi connectivity index (χ4v) is 4.11. The Morgan fingerprint density at radius 2 is 2.04 bits per heavy atom. The summed E-state index contributed by atoms with van der Waals surface area (Å²) in [4.78, 5) is 13.5. The molecule has 0 spiro atoms. The molecule has 0 saturated heterocycles. The fraction of sp³-hybridized carbons (Fsp3) is 0.381. The number of rotatable bonds is 7. The van der Waals surface area contributed by atoms with Crippen molar-refractivity contribution in [1.82, 2.24) is 0 Å². The minimum absolute atomic E-state index is 0.0327. The Labute approximate surface area is 176 Å². The summed E-state index contributed by atoms with van der Waals surface area (Å²) in [6.07, 6.45) is 4.16. The van der Waals surface area contributed by atoms with Crippen LogP contribution in [-0.2, 0) is 5.67 Å². The van der Waals surface area contributed by atoms with Gasteiger partial charge in [0.1, 0.15) is 5.67 Å². The van der Waals surface area contributed by atoms with E-state index in [2.05, 4.69) is 26.6 Å². The van der Waals surface area contributed by atoms with Crippen LogP contribution in [0.4, 0.5) is 20.2 Å². The highest BCUT2D eigenvalue weighted by molar-refractivity contribution is 9.10. The molecule has 2 aromatic rings. The van der Waals surface area contributed by atoms with Gasteiger partial charge in [-0.05, 0) is 84.6 Å². The normalized spacial score (nSPS) is 14.1. The third kappa shape index (κ3) is 4.87. The molecule has 1 saturated carbocycles. The van der Waals surface area contributed by atoms with Crippen LogP contribution in [0.25, 0.3) is 0 Å². The number of carbonyl (C=O) groups is 1. The predicted molar refractivity (Wildman–Crippen MR) is 116 cm³/mol. The van der Waals surface area contributed by atoms with Gasteiger partial charge in [-0.1, -0.05) is 6.07 Å². The Hall–Kier alpha value is -1.60. The highest BCUT2D eigenvalue weighted by atomic mass is 79.9. The zero-order chi connectivity index (χ0) is 20.5. The van der Waals surface area contributed by atoms with Crippen molar-refractivity contribution in [2.45, 2.75) is 37.3 Å². The molecule has 0 atom stereocenters. The number of thioether (sulfide) groups is 1. The van der Waals surface area contributed by atoms with Crippen molar-refractivity contribution < 1.29 is 13.6 Å². The van der Waals surface area contributed by atoms with Crippen LogP contribution in [0.2, 0.25) is 0 Å². The summed E-state index contributed by atoms with van der Waals surface area (Å²) in [5.74, 6) is -0.518. The van der Waals surface area contributed by atoms with Gasteiger partial charge in [-0.2, -0.15) is 0 Å². The summed E-state index contributed by atoms with van der Waals surface area (Å²) >= 11 is 4.80. The quantitative estimate of drug-likeness (QED) is 0.450. The maximum atomic E-state index is 14.8. The average Bonchev–Trinajstić information content (AvgIpc) is 3.45. The van der Waals surface area contributed by atoms with Crippen molar-refractivity contribution in [2.24, 2.45) is 5.92 Å². The second-order valence-corrected chi connectivity index (χ2v) is 9.16. The maximum absolute atomic E-state index is 14.8. The largest absolute Gasteiger partial charge is 0.382 e. The van der Waals surface area contributed by atoms with Gasteiger partial charge in [0.25, 0.3) is 5.91 Å². The smallest absolute Gasteiger partial charge is 0.258 e. The highest BCUT2D eigenvalue weighted by Crippen LogP contribution is 2.38. The van der Waals surface area contributed by atoms with Crippen LogP contribution < -0.4 is 10.6 Å². The van der Waals surface area contributed by atoms with Crippen molar-refractivity contribution in [2.75, 3.05) is 23.4 Å². The summed E-state index contributed by atoms with van der Waals surface area (Å²) in [5.41, 5.74) is -0.211. The molecule has 0 aromatic heterocycles. The molecule has 28 heavy (non-hydrogen) atoms. The summed E-state index contributed by atoms with van der Waals surface area (Å²) in [6.45, 7) is 3.67. The molecule has 0 radical (unpaired) electrons. The van der Waals surface area contributed by atoms with E-state index < -0.39 is 17.4 Å². The van der Waals surface area contributed by atoms with Crippen LogP contribution in [0.3, 0.4) is 0 Å². The molecule has 1 amide bonds. The molecule has 0 heterocycles. The molecule has 150 valence electrons. The molecule has 1 aliphatic rings. The Kier molecular flexibility index (Phi) is 6.34. The molecule has 3 rings (SSSR count). The van der Waals surface area contributed by atoms with Gasteiger partial charge in [0, 0.05) is 15.9 Å². The van der Waals surface area contributed by atoms with E-state index in [4.69, 9.17) is 0 Å². The zero-order valence-electron chi connectivity index (χ0n) is 16.0. The molecule has 0 unspecified atom stereocenters. The lowest BCUT2D eigenvalue weighted by Gasteiger charge is -2.19. The lowest BCUT2D eigenvalue weighted by atomic mass is 10.00. The molecule has 3 nitrogen and oxygen atoms in total. The molecule has 2 N–H and O–H groups in total. The first kappa shape index (κ1) is 21.1. The average molecular weight is 469 g/mol. The first-order valence-electron chi connectivity index (χ1n) is 9.11. The summed E-state index contributed by atoms with van der Waals surface area (Å²) < 4.78 is 29.7. The van der Waals surface area contributed by atoms with Gasteiger partial charge in [-0.3, -0.25) is 4.79 Å². The molecular formula is C21H23BrF2N2OS. The maximum Gasteiger partial charge on any atom is 0.258 e. The van der Waals surface area contributed by atoms with Crippen LogP contribution in [0.1, 0.15) is 42.6 Å². The SMILES string of the molecule is CSc1cc(C(C)(C)F)cc(Br)c1NC(=O)c1cccc(NCC2CC2)c1F. The second kappa shape index (κ2) is 8.41. The minimum atomic E-state index is -1.51. The number of hydrogen-bond donors (Lipinski definition) is 2. The van der Waals surface area contributed by atoms with Crippen LogP contribution in [-0.4, -0.2) is 18.7 Å². The number of amides is 1. The van der Waals surface area contributed by atoms with Crippen molar-refractivity contribution in [3.8, 4) is 0 Å². The van der Waals surface area contributed by atoms with Gasteiger partial charge in [0.15, 0.2) is 5.82 Å². The number of alkyl halides is 1. The van der Waals surface area contributed by atoms with E-state index >= 15 is 0 Å². The van der Waals surface area contributed by atoms with Gasteiger partial charge >= 0.3 is 0 Å². The molecule has 7 heteroatoms. The number of benzene rings is 2. The Morgan fingerprint density at radius 1 is 1.32 bits per heavy atom. The number of nitrogens with one attached hydrogen (secondary N) is 2. The molecular weight excluding hydrogens is 446 g/mol. The van der Waals surface area contributed by atoms with Gasteiger partial charge in [-0.15, -0.1) is 11.8 Å². The van der Waals surface area contributed by atoms with Crippen LogP contribution >= 0.6 is 27.7 Å². The number of hydrogen-bond acceptors (Lipinski definition) is 3. The summed E-state index contributed by atoms with van der Waals surface area (Å²) in [5, 5.41) is 5.86. The minimum Gasteiger partial charge on any atom is -0.382 e. The Bertz CT molecular complexity index is 895.